The molecular formula is C17H18Cl2N2O. The lowest BCUT2D eigenvalue weighted by Crippen LogP contribution is -2.10. The number of nitrogens with two attached hydrogens (primary N) is 1. The average Bonchev–Trinajstić information content (AvgIpc) is 2.46. The Morgan fingerprint density at radius 2 is 1.73 bits per heavy atom. The van der Waals surface area contributed by atoms with Crippen molar-refractivity contribution < 1.29 is 4.79 Å². The van der Waals surface area contributed by atoms with Crippen LogP contribution in [0.3, 0.4) is 0 Å². The van der Waals surface area contributed by atoms with Crippen LogP contribution in [0.25, 0.3) is 11.1 Å². The van der Waals surface area contributed by atoms with Gasteiger partial charge in [0.25, 0.3) is 0 Å². The maximum atomic E-state index is 11.7. The van der Waals surface area contributed by atoms with Gasteiger partial charge >= 0.3 is 0 Å². The van der Waals surface area contributed by atoms with Crippen LogP contribution in [0.2, 0.25) is 10.0 Å². The molecule has 1 amide bonds. The van der Waals surface area contributed by atoms with Crippen molar-refractivity contribution in [1.29, 1.82) is 0 Å². The van der Waals surface area contributed by atoms with Gasteiger partial charge in [0.05, 0.1) is 10.0 Å². The maximum Gasteiger partial charge on any atom is 0.224 e. The van der Waals surface area contributed by atoms with Crippen LogP contribution >= 0.6 is 23.2 Å². The van der Waals surface area contributed by atoms with Gasteiger partial charge in [0.2, 0.25) is 5.91 Å². The molecule has 3 nitrogen and oxygen atoms in total. The highest BCUT2D eigenvalue weighted by Crippen LogP contribution is 2.36. The van der Waals surface area contributed by atoms with Gasteiger partial charge in [-0.2, -0.15) is 0 Å². The van der Waals surface area contributed by atoms with E-state index in [-0.39, 0.29) is 5.91 Å². The zero-order chi connectivity index (χ0) is 16.1. The summed E-state index contributed by atoms with van der Waals surface area (Å²) in [6.07, 6.45) is 2.43. The zero-order valence-electron chi connectivity index (χ0n) is 12.3. The molecule has 0 bridgehead atoms. The van der Waals surface area contributed by atoms with Crippen LogP contribution in [0.4, 0.5) is 11.4 Å². The Morgan fingerprint density at radius 1 is 1.14 bits per heavy atom. The number of carbonyl (C=O) groups excluding carboxylic acids is 1. The SMILES string of the molecule is CCCCC(=O)Nc1ccc(-c2c(Cl)cc(N)cc2Cl)cc1. The largest absolute Gasteiger partial charge is 0.399 e. The summed E-state index contributed by atoms with van der Waals surface area (Å²) >= 11 is 12.4. The molecule has 2 rings (SSSR count). The zero-order valence-corrected chi connectivity index (χ0v) is 13.8. The molecule has 116 valence electrons. The Morgan fingerprint density at radius 3 is 2.27 bits per heavy atom. The van der Waals surface area contributed by atoms with Crippen molar-refractivity contribution in [2.24, 2.45) is 0 Å². The van der Waals surface area contributed by atoms with E-state index in [1.54, 1.807) is 12.1 Å². The summed E-state index contributed by atoms with van der Waals surface area (Å²) in [6.45, 7) is 2.06. The number of anilines is 2. The summed E-state index contributed by atoms with van der Waals surface area (Å²) in [7, 11) is 0. The van der Waals surface area contributed by atoms with Crippen molar-refractivity contribution in [2.45, 2.75) is 26.2 Å². The van der Waals surface area contributed by atoms with Gasteiger partial charge in [-0.15, -0.1) is 0 Å². The normalized spacial score (nSPS) is 10.5. The third-order valence-electron chi connectivity index (χ3n) is 3.28. The van der Waals surface area contributed by atoms with E-state index in [2.05, 4.69) is 12.2 Å². The fourth-order valence-electron chi connectivity index (χ4n) is 2.15. The molecule has 5 heteroatoms. The van der Waals surface area contributed by atoms with E-state index in [1.165, 1.54) is 0 Å². The summed E-state index contributed by atoms with van der Waals surface area (Å²) < 4.78 is 0. The number of hydrogen-bond acceptors (Lipinski definition) is 2. The number of amides is 1. The summed E-state index contributed by atoms with van der Waals surface area (Å²) in [5.74, 6) is 0.0261. The van der Waals surface area contributed by atoms with Crippen molar-refractivity contribution in [2.75, 3.05) is 11.1 Å². The molecule has 0 aromatic heterocycles. The van der Waals surface area contributed by atoms with E-state index in [0.29, 0.717) is 22.2 Å². The van der Waals surface area contributed by atoms with E-state index >= 15 is 0 Å². The van der Waals surface area contributed by atoms with Crippen molar-refractivity contribution in [3.8, 4) is 11.1 Å². The molecule has 0 heterocycles. The highest BCUT2D eigenvalue weighted by molar-refractivity contribution is 6.39. The molecule has 0 fully saturated rings. The minimum Gasteiger partial charge on any atom is -0.399 e. The van der Waals surface area contributed by atoms with Gasteiger partial charge in [0, 0.05) is 23.4 Å². The number of nitrogens with one attached hydrogen (secondary N) is 1. The number of benzene rings is 2. The quantitative estimate of drug-likeness (QED) is 0.721. The molecule has 2 aromatic rings. The fourth-order valence-corrected chi connectivity index (χ4v) is 2.87. The van der Waals surface area contributed by atoms with E-state index in [0.717, 1.165) is 29.7 Å². The first-order chi connectivity index (χ1) is 10.5. The fraction of sp³-hybridized carbons (Fsp3) is 0.235. The monoisotopic (exact) mass is 336 g/mol. The van der Waals surface area contributed by atoms with Gasteiger partial charge in [-0.25, -0.2) is 0 Å². The number of halogens is 2. The second kappa shape index (κ2) is 7.52. The molecule has 0 aliphatic heterocycles. The number of rotatable bonds is 5. The van der Waals surface area contributed by atoms with Gasteiger partial charge in [-0.3, -0.25) is 4.79 Å². The Bertz CT molecular complexity index is 646. The van der Waals surface area contributed by atoms with E-state index in [1.807, 2.05) is 24.3 Å². The van der Waals surface area contributed by atoms with Crippen LogP contribution in [0.1, 0.15) is 26.2 Å². The van der Waals surface area contributed by atoms with Crippen LogP contribution in [0.15, 0.2) is 36.4 Å². The lowest BCUT2D eigenvalue weighted by molar-refractivity contribution is -0.116. The number of nitrogen functional groups attached to an aromatic ring is 1. The standard InChI is InChI=1S/C17H18Cl2N2O/c1-2-3-4-16(22)21-13-7-5-11(6-8-13)17-14(18)9-12(20)10-15(17)19/h5-10H,2-4,20H2,1H3,(H,21,22). The smallest absolute Gasteiger partial charge is 0.224 e. The molecule has 22 heavy (non-hydrogen) atoms. The van der Waals surface area contributed by atoms with Crippen molar-refractivity contribution in [3.63, 3.8) is 0 Å². The topological polar surface area (TPSA) is 55.1 Å². The van der Waals surface area contributed by atoms with Crippen LogP contribution in [0.5, 0.6) is 0 Å². The van der Waals surface area contributed by atoms with Crippen LogP contribution in [-0.4, -0.2) is 5.91 Å². The van der Waals surface area contributed by atoms with Gasteiger partial charge < -0.3 is 11.1 Å². The molecule has 0 atom stereocenters. The second-order valence-corrected chi connectivity index (χ2v) is 5.90. The molecule has 0 saturated carbocycles. The first-order valence-corrected chi connectivity index (χ1v) is 7.91. The average molecular weight is 337 g/mol. The van der Waals surface area contributed by atoms with E-state index in [9.17, 15) is 4.79 Å². The van der Waals surface area contributed by atoms with Gasteiger partial charge in [0.1, 0.15) is 0 Å². The summed E-state index contributed by atoms with van der Waals surface area (Å²) in [5, 5.41) is 3.88. The molecule has 0 saturated heterocycles. The molecule has 3 N–H and O–H groups in total. The highest BCUT2D eigenvalue weighted by Gasteiger charge is 2.10. The first kappa shape index (κ1) is 16.7. The number of unbranched alkanes of at least 4 members (excludes halogenated alkanes) is 1. The number of hydrogen-bond donors (Lipinski definition) is 2. The van der Waals surface area contributed by atoms with Gasteiger partial charge in [-0.1, -0.05) is 48.7 Å². The predicted molar refractivity (Wildman–Crippen MR) is 94.5 cm³/mol. The summed E-state index contributed by atoms with van der Waals surface area (Å²) in [6, 6.07) is 10.8. The van der Waals surface area contributed by atoms with Crippen molar-refractivity contribution in [1.82, 2.24) is 0 Å². The lowest BCUT2D eigenvalue weighted by Gasteiger charge is -2.10. The van der Waals surface area contributed by atoms with Crippen LogP contribution < -0.4 is 11.1 Å². The Hall–Kier alpha value is -1.71. The third-order valence-corrected chi connectivity index (χ3v) is 3.88. The molecule has 0 spiro atoms. The second-order valence-electron chi connectivity index (χ2n) is 5.09. The van der Waals surface area contributed by atoms with Crippen molar-refractivity contribution >= 4 is 40.5 Å². The highest BCUT2D eigenvalue weighted by atomic mass is 35.5. The summed E-state index contributed by atoms with van der Waals surface area (Å²) in [4.78, 5) is 11.7. The van der Waals surface area contributed by atoms with Gasteiger partial charge in [-0.05, 0) is 36.2 Å². The lowest BCUT2D eigenvalue weighted by atomic mass is 10.0. The van der Waals surface area contributed by atoms with E-state index < -0.39 is 0 Å². The molecule has 0 radical (unpaired) electrons. The minimum atomic E-state index is 0.0261. The van der Waals surface area contributed by atoms with E-state index in [4.69, 9.17) is 28.9 Å². The molecule has 0 aliphatic rings. The third kappa shape index (κ3) is 4.15. The van der Waals surface area contributed by atoms with Crippen molar-refractivity contribution in [3.05, 3.63) is 46.4 Å². The minimum absolute atomic E-state index is 0.0261. The Balaban J connectivity index is 2.17. The Labute approximate surface area is 140 Å². The van der Waals surface area contributed by atoms with Crippen LogP contribution in [0, 0.1) is 0 Å². The molecule has 2 aromatic carbocycles. The van der Waals surface area contributed by atoms with Crippen LogP contribution in [-0.2, 0) is 4.79 Å². The molecule has 0 unspecified atom stereocenters. The Kier molecular flexibility index (Phi) is 5.69. The van der Waals surface area contributed by atoms with Gasteiger partial charge in [0.15, 0.2) is 0 Å². The first-order valence-electron chi connectivity index (χ1n) is 7.16. The molecular weight excluding hydrogens is 319 g/mol. The predicted octanol–water partition coefficient (Wildman–Crippen LogP) is 5.37. The number of carbonyl (C=O) groups is 1. The molecule has 0 aliphatic carbocycles. The summed E-state index contributed by atoms with van der Waals surface area (Å²) in [5.41, 5.74) is 8.61. The maximum absolute atomic E-state index is 11.7.